The third-order valence-corrected chi connectivity index (χ3v) is 6.94. The first kappa shape index (κ1) is 23.5. The molecule has 2 heterocycles. The van der Waals surface area contributed by atoms with Crippen molar-refractivity contribution in [2.45, 2.75) is 51.7 Å². The monoisotopic (exact) mass is 515 g/mol. The largest absolute Gasteiger partial charge is 0.464 e. The number of benzene rings is 1. The van der Waals surface area contributed by atoms with E-state index in [0.29, 0.717) is 10.3 Å². The number of alkyl carbamates (subject to hydrolysis) is 1. The highest BCUT2D eigenvalue weighted by Crippen LogP contribution is 2.52. The van der Waals surface area contributed by atoms with Gasteiger partial charge in [-0.15, -0.1) is 0 Å². The van der Waals surface area contributed by atoms with E-state index in [2.05, 4.69) is 43.3 Å². The number of methoxy groups -OCH3 is 1. The molecular weight excluding hydrogens is 486 g/mol. The Balaban J connectivity index is 1.57. The molecule has 1 spiro atoms. The number of nitrogens with one attached hydrogen (secondary N) is 1. The molecule has 1 N–H and O–H groups in total. The van der Waals surface area contributed by atoms with E-state index >= 15 is 0 Å². The fourth-order valence-electron chi connectivity index (χ4n) is 5.03. The number of amides is 1. The molecule has 2 aromatic rings. The first-order valence-corrected chi connectivity index (χ1v) is 12.0. The molecule has 0 saturated carbocycles. The first-order chi connectivity index (χ1) is 15.6. The smallest absolute Gasteiger partial charge is 0.408 e. The Labute approximate surface area is 203 Å². The number of aromatic nitrogens is 1. The van der Waals surface area contributed by atoms with Crippen LogP contribution in [0.15, 0.2) is 41.0 Å². The zero-order valence-corrected chi connectivity index (χ0v) is 21.1. The van der Waals surface area contributed by atoms with Gasteiger partial charge in [0.25, 0.3) is 0 Å². The number of carbonyl (C=O) groups is 2. The number of halogens is 1. The summed E-state index contributed by atoms with van der Waals surface area (Å²) < 4.78 is 11.1. The molecule has 1 aliphatic carbocycles. The van der Waals surface area contributed by atoms with E-state index < -0.39 is 17.7 Å². The van der Waals surface area contributed by atoms with Crippen molar-refractivity contribution >= 4 is 33.7 Å². The molecule has 1 atom stereocenters. The van der Waals surface area contributed by atoms with Crippen LogP contribution >= 0.6 is 15.9 Å². The van der Waals surface area contributed by atoms with Crippen LogP contribution in [0.1, 0.15) is 61.3 Å². The summed E-state index contributed by atoms with van der Waals surface area (Å²) in [5, 5.41) is 3.18. The third kappa shape index (κ3) is 4.86. The lowest BCUT2D eigenvalue weighted by Crippen LogP contribution is -2.48. The fraction of sp³-hybridized carbons (Fsp3) is 0.480. The normalized spacial score (nSPS) is 19.2. The van der Waals surface area contributed by atoms with E-state index in [-0.39, 0.29) is 11.5 Å². The minimum absolute atomic E-state index is 0.106. The van der Waals surface area contributed by atoms with Gasteiger partial charge in [0.15, 0.2) is 5.69 Å². The van der Waals surface area contributed by atoms with E-state index in [1.165, 1.54) is 12.7 Å². The number of piperidine rings is 1. The minimum Gasteiger partial charge on any atom is -0.464 e. The number of hydrogen-bond acceptors (Lipinski definition) is 6. The van der Waals surface area contributed by atoms with E-state index in [1.807, 2.05) is 45.0 Å². The van der Waals surface area contributed by atoms with Gasteiger partial charge in [-0.25, -0.2) is 14.6 Å². The van der Waals surface area contributed by atoms with Crippen LogP contribution in [0, 0.1) is 5.41 Å². The van der Waals surface area contributed by atoms with Crippen LogP contribution < -0.4 is 10.2 Å². The Bertz CT molecular complexity index is 1060. The Kier molecular flexibility index (Phi) is 6.40. The minimum atomic E-state index is -0.558. The first-order valence-electron chi connectivity index (χ1n) is 11.2. The second kappa shape index (κ2) is 8.97. The topological polar surface area (TPSA) is 80.8 Å². The lowest BCUT2D eigenvalue weighted by atomic mass is 9.72. The standard InChI is InChI=1S/C25H30BrN3O4/c1-24(2,3)33-23(31)28-21-17-8-6-5-7-16(17)15-25(21)11-13-29(14-12-25)18-9-10-19(26)27-20(18)22(30)32-4/h5-10,21H,11-15H2,1-4H3,(H,28,31)/t21-/m1/s1. The Morgan fingerprint density at radius 2 is 1.85 bits per heavy atom. The van der Waals surface area contributed by atoms with Crippen molar-refractivity contribution in [3.8, 4) is 0 Å². The number of fused-ring (bicyclic) bond motifs is 1. The molecule has 2 aliphatic rings. The van der Waals surface area contributed by atoms with Crippen LogP contribution in [0.4, 0.5) is 10.5 Å². The van der Waals surface area contributed by atoms with E-state index in [1.54, 1.807) is 0 Å². The zero-order valence-electron chi connectivity index (χ0n) is 19.5. The SMILES string of the molecule is COC(=O)c1nc(Br)ccc1N1CCC2(CC1)Cc1ccccc1[C@H]2NC(=O)OC(C)(C)C. The molecule has 8 heteroatoms. The van der Waals surface area contributed by atoms with Crippen LogP contribution in [0.2, 0.25) is 0 Å². The van der Waals surface area contributed by atoms with E-state index in [0.717, 1.165) is 43.6 Å². The molecule has 1 fully saturated rings. The van der Waals surface area contributed by atoms with E-state index in [4.69, 9.17) is 9.47 Å². The summed E-state index contributed by atoms with van der Waals surface area (Å²) in [7, 11) is 1.36. The summed E-state index contributed by atoms with van der Waals surface area (Å²) >= 11 is 3.35. The summed E-state index contributed by atoms with van der Waals surface area (Å²) in [5.74, 6) is -0.454. The van der Waals surface area contributed by atoms with Gasteiger partial charge in [-0.2, -0.15) is 0 Å². The molecule has 1 aromatic heterocycles. The number of ether oxygens (including phenoxy) is 2. The number of anilines is 1. The van der Waals surface area contributed by atoms with Gasteiger partial charge in [0.05, 0.1) is 18.8 Å². The number of rotatable bonds is 3. The van der Waals surface area contributed by atoms with Gasteiger partial charge in [0, 0.05) is 18.5 Å². The second-order valence-corrected chi connectivity index (χ2v) is 10.6. The van der Waals surface area contributed by atoms with Crippen molar-refractivity contribution in [1.82, 2.24) is 10.3 Å². The molecule has 0 unspecified atom stereocenters. The molecular formula is C25H30BrN3O4. The molecule has 33 heavy (non-hydrogen) atoms. The van der Waals surface area contributed by atoms with Gasteiger partial charge in [0.2, 0.25) is 0 Å². The third-order valence-electron chi connectivity index (χ3n) is 6.50. The number of hydrogen-bond donors (Lipinski definition) is 1. The van der Waals surface area contributed by atoms with Gasteiger partial charge < -0.3 is 19.7 Å². The molecule has 0 radical (unpaired) electrons. The van der Waals surface area contributed by atoms with Crippen LogP contribution in [0.25, 0.3) is 0 Å². The maximum Gasteiger partial charge on any atom is 0.408 e. The maximum atomic E-state index is 12.7. The van der Waals surface area contributed by atoms with Crippen molar-refractivity contribution in [3.63, 3.8) is 0 Å². The Morgan fingerprint density at radius 1 is 1.15 bits per heavy atom. The lowest BCUT2D eigenvalue weighted by Gasteiger charge is -2.44. The van der Waals surface area contributed by atoms with Crippen molar-refractivity contribution in [1.29, 1.82) is 0 Å². The Morgan fingerprint density at radius 3 is 2.52 bits per heavy atom. The summed E-state index contributed by atoms with van der Waals surface area (Å²) in [4.78, 5) is 31.6. The molecule has 176 valence electrons. The maximum absolute atomic E-state index is 12.7. The van der Waals surface area contributed by atoms with E-state index in [9.17, 15) is 9.59 Å². The molecule has 0 bridgehead atoms. The van der Waals surface area contributed by atoms with Gasteiger partial charge in [0.1, 0.15) is 10.2 Å². The molecule has 1 amide bonds. The molecule has 7 nitrogen and oxygen atoms in total. The van der Waals surface area contributed by atoms with Crippen LogP contribution in [0.5, 0.6) is 0 Å². The molecule has 1 aromatic carbocycles. The summed E-state index contributed by atoms with van der Waals surface area (Å²) in [5.41, 5.74) is 2.85. The Hall–Kier alpha value is -2.61. The van der Waals surface area contributed by atoms with Crippen molar-refractivity contribution in [2.24, 2.45) is 5.41 Å². The average molecular weight is 516 g/mol. The summed E-state index contributed by atoms with van der Waals surface area (Å²) in [6.07, 6.45) is 2.23. The molecule has 1 aliphatic heterocycles. The predicted molar refractivity (Wildman–Crippen MR) is 129 cm³/mol. The highest BCUT2D eigenvalue weighted by atomic mass is 79.9. The van der Waals surface area contributed by atoms with Gasteiger partial charge in [-0.05, 0) is 79.2 Å². The number of carbonyl (C=O) groups excluding carboxylic acids is 2. The van der Waals surface area contributed by atoms with Crippen molar-refractivity contribution in [3.05, 3.63) is 57.8 Å². The number of pyridine rings is 1. The molecule has 4 rings (SSSR count). The van der Waals surface area contributed by atoms with Gasteiger partial charge in [-0.1, -0.05) is 24.3 Å². The highest BCUT2D eigenvalue weighted by molar-refractivity contribution is 9.10. The lowest BCUT2D eigenvalue weighted by molar-refractivity contribution is 0.0427. The van der Waals surface area contributed by atoms with Gasteiger partial charge in [-0.3, -0.25) is 0 Å². The van der Waals surface area contributed by atoms with Crippen LogP contribution in [0.3, 0.4) is 0 Å². The molecule has 1 saturated heterocycles. The second-order valence-electron chi connectivity index (χ2n) is 9.80. The van der Waals surface area contributed by atoms with Crippen LogP contribution in [-0.4, -0.2) is 42.8 Å². The van der Waals surface area contributed by atoms with Crippen molar-refractivity contribution in [2.75, 3.05) is 25.1 Å². The zero-order chi connectivity index (χ0) is 23.8. The van der Waals surface area contributed by atoms with Crippen molar-refractivity contribution < 1.29 is 19.1 Å². The summed E-state index contributed by atoms with van der Waals surface area (Å²) in [6, 6.07) is 11.9. The number of nitrogens with zero attached hydrogens (tertiary/aromatic N) is 2. The van der Waals surface area contributed by atoms with Crippen LogP contribution in [-0.2, 0) is 15.9 Å². The number of esters is 1. The predicted octanol–water partition coefficient (Wildman–Crippen LogP) is 5.04. The quantitative estimate of drug-likeness (QED) is 0.455. The fourth-order valence-corrected chi connectivity index (χ4v) is 5.34. The summed E-state index contributed by atoms with van der Waals surface area (Å²) in [6.45, 7) is 7.10. The average Bonchev–Trinajstić information content (AvgIpc) is 3.05. The highest BCUT2D eigenvalue weighted by Gasteiger charge is 2.49. The van der Waals surface area contributed by atoms with Gasteiger partial charge >= 0.3 is 12.1 Å².